The molecule has 0 aliphatic heterocycles. The summed E-state index contributed by atoms with van der Waals surface area (Å²) in [5.41, 5.74) is 0. The smallest absolute Gasteiger partial charge is 0.312 e. The maximum Gasteiger partial charge on any atom is 0.312 e. The van der Waals surface area contributed by atoms with Crippen molar-refractivity contribution in [1.82, 2.24) is 0 Å². The number of carbonyl (C=O) groups is 3. The minimum absolute atomic E-state index is 0.137. The van der Waals surface area contributed by atoms with E-state index >= 15 is 0 Å². The number of quaternary nitrogens is 1. The lowest BCUT2D eigenvalue weighted by atomic mass is 9.96. The van der Waals surface area contributed by atoms with Crippen LogP contribution >= 0.6 is 0 Å². The standard InChI is InChI=1S/C37H69NO6/c1-5-9-10-11-12-13-14-15-16-17-18-19-20-21-22-23-24-25-26-27-28-38(29-32(6-2)35(39)40,30-33(7-3)36(41)42)31-34(8-4)37(43)44/h26-27,32-34H,5-25,28-31H2,1-4H3,(H2-,39,40,41,42,43,44)/b27-26+. The Bertz CT molecular complexity index is 707. The van der Waals surface area contributed by atoms with Gasteiger partial charge in [0.25, 0.3) is 0 Å². The summed E-state index contributed by atoms with van der Waals surface area (Å²) in [7, 11) is 0. The van der Waals surface area contributed by atoms with Gasteiger partial charge in [0, 0.05) is 5.92 Å². The van der Waals surface area contributed by atoms with Gasteiger partial charge < -0.3 is 24.6 Å². The third-order valence-corrected chi connectivity index (χ3v) is 9.47. The van der Waals surface area contributed by atoms with E-state index in [2.05, 4.69) is 13.0 Å². The van der Waals surface area contributed by atoms with Crippen molar-refractivity contribution in [3.8, 4) is 0 Å². The van der Waals surface area contributed by atoms with Crippen LogP contribution in [0.4, 0.5) is 0 Å². The normalized spacial score (nSPS) is 15.2. The Morgan fingerprint density at radius 3 is 1.20 bits per heavy atom. The first kappa shape index (κ1) is 42.1. The summed E-state index contributed by atoms with van der Waals surface area (Å²) in [4.78, 5) is 35.8. The number of carboxylic acids is 3. The first-order valence-corrected chi connectivity index (χ1v) is 18.3. The molecular weight excluding hydrogens is 554 g/mol. The van der Waals surface area contributed by atoms with Crippen molar-refractivity contribution in [2.45, 2.75) is 163 Å². The molecule has 0 spiro atoms. The number of hydrogen-bond donors (Lipinski definition) is 2. The highest BCUT2D eigenvalue weighted by Gasteiger charge is 2.38. The van der Waals surface area contributed by atoms with E-state index < -0.39 is 35.7 Å². The molecule has 0 bridgehead atoms. The summed E-state index contributed by atoms with van der Waals surface area (Å²) in [6.45, 7) is 8.70. The van der Waals surface area contributed by atoms with Crippen LogP contribution in [0.5, 0.6) is 0 Å². The lowest BCUT2D eigenvalue weighted by Crippen LogP contribution is -2.59. The van der Waals surface area contributed by atoms with E-state index in [4.69, 9.17) is 0 Å². The molecular formula is C37H69NO6. The van der Waals surface area contributed by atoms with Gasteiger partial charge in [0.2, 0.25) is 0 Å². The second-order valence-corrected chi connectivity index (χ2v) is 13.3. The first-order valence-electron chi connectivity index (χ1n) is 18.3. The van der Waals surface area contributed by atoms with E-state index in [1.165, 1.54) is 103 Å². The largest absolute Gasteiger partial charge is 0.550 e. The Morgan fingerprint density at radius 1 is 0.545 bits per heavy atom. The Morgan fingerprint density at radius 2 is 0.886 bits per heavy atom. The molecule has 7 nitrogen and oxygen atoms in total. The van der Waals surface area contributed by atoms with E-state index in [0.29, 0.717) is 25.8 Å². The molecule has 0 aromatic carbocycles. The molecule has 0 fully saturated rings. The van der Waals surface area contributed by atoms with Crippen molar-refractivity contribution in [2.24, 2.45) is 17.8 Å². The molecule has 0 saturated carbocycles. The molecule has 0 aromatic rings. The van der Waals surface area contributed by atoms with Gasteiger partial charge in [0.1, 0.15) is 11.8 Å². The van der Waals surface area contributed by atoms with E-state index in [1.54, 1.807) is 6.92 Å². The molecule has 3 atom stereocenters. The van der Waals surface area contributed by atoms with Crippen molar-refractivity contribution in [1.29, 1.82) is 0 Å². The Labute approximate surface area is 270 Å². The predicted molar refractivity (Wildman–Crippen MR) is 179 cm³/mol. The lowest BCUT2D eigenvalue weighted by Gasteiger charge is -2.43. The SMILES string of the molecule is CCCCCCCCCCCCCCCCCCC/C=C/C[N+](CC(CC)C(=O)[O-])(CC(CC)C(=O)O)CC(CC)C(=O)O. The zero-order valence-corrected chi connectivity index (χ0v) is 29.0. The third kappa shape index (κ3) is 21.0. The summed E-state index contributed by atoms with van der Waals surface area (Å²) in [5, 5.41) is 31.5. The number of nitrogens with zero attached hydrogens (tertiary/aromatic N) is 1. The summed E-state index contributed by atoms with van der Waals surface area (Å²) in [6.07, 6.45) is 29.0. The summed E-state index contributed by atoms with van der Waals surface area (Å²) in [5.74, 6) is -5.10. The van der Waals surface area contributed by atoms with Crippen LogP contribution in [0.1, 0.15) is 163 Å². The van der Waals surface area contributed by atoms with Crippen LogP contribution in [-0.4, -0.2) is 58.8 Å². The van der Waals surface area contributed by atoms with E-state index in [-0.39, 0.29) is 24.1 Å². The number of carboxylic acid groups (broad SMARTS) is 3. The van der Waals surface area contributed by atoms with Gasteiger partial charge in [-0.05, 0) is 38.2 Å². The van der Waals surface area contributed by atoms with Gasteiger partial charge in [0.15, 0.2) is 0 Å². The van der Waals surface area contributed by atoms with Gasteiger partial charge in [-0.15, -0.1) is 0 Å². The molecule has 0 amide bonds. The highest BCUT2D eigenvalue weighted by molar-refractivity contribution is 5.71. The average Bonchev–Trinajstić information content (AvgIpc) is 2.99. The number of allylic oxidation sites excluding steroid dienone is 1. The number of aliphatic carboxylic acids is 3. The van der Waals surface area contributed by atoms with Crippen molar-refractivity contribution in [2.75, 3.05) is 26.2 Å². The van der Waals surface area contributed by atoms with Crippen LogP contribution in [0, 0.1) is 17.8 Å². The fourth-order valence-electron chi connectivity index (χ4n) is 6.39. The molecule has 0 aliphatic rings. The second-order valence-electron chi connectivity index (χ2n) is 13.3. The van der Waals surface area contributed by atoms with Crippen LogP contribution in [-0.2, 0) is 14.4 Å². The molecule has 0 saturated heterocycles. The molecule has 258 valence electrons. The number of hydrogen-bond acceptors (Lipinski definition) is 4. The molecule has 2 N–H and O–H groups in total. The molecule has 0 radical (unpaired) electrons. The molecule has 7 heteroatoms. The first-order chi connectivity index (χ1) is 21.2. The number of carbonyl (C=O) groups excluding carboxylic acids is 1. The van der Waals surface area contributed by atoms with E-state index in [9.17, 15) is 29.7 Å². The van der Waals surface area contributed by atoms with Gasteiger partial charge in [-0.1, -0.05) is 137 Å². The summed E-state index contributed by atoms with van der Waals surface area (Å²) >= 11 is 0. The third-order valence-electron chi connectivity index (χ3n) is 9.47. The van der Waals surface area contributed by atoms with Gasteiger partial charge in [-0.3, -0.25) is 9.59 Å². The van der Waals surface area contributed by atoms with Gasteiger partial charge in [0.05, 0.1) is 32.1 Å². The van der Waals surface area contributed by atoms with Crippen LogP contribution < -0.4 is 5.11 Å². The molecule has 0 rings (SSSR count). The molecule has 44 heavy (non-hydrogen) atoms. The summed E-state index contributed by atoms with van der Waals surface area (Å²) in [6, 6.07) is 0. The quantitative estimate of drug-likeness (QED) is 0.0442. The van der Waals surface area contributed by atoms with Crippen LogP contribution in [0.3, 0.4) is 0 Å². The van der Waals surface area contributed by atoms with Crippen molar-refractivity contribution < 1.29 is 34.2 Å². The zero-order valence-electron chi connectivity index (χ0n) is 29.0. The zero-order chi connectivity index (χ0) is 33.1. The van der Waals surface area contributed by atoms with Crippen molar-refractivity contribution in [3.63, 3.8) is 0 Å². The Hall–Kier alpha value is -1.89. The van der Waals surface area contributed by atoms with Crippen LogP contribution in [0.2, 0.25) is 0 Å². The van der Waals surface area contributed by atoms with E-state index in [0.717, 1.165) is 12.8 Å². The molecule has 0 heterocycles. The van der Waals surface area contributed by atoms with Gasteiger partial charge in [-0.25, -0.2) is 0 Å². The fraction of sp³-hybridized carbons (Fsp3) is 0.865. The predicted octanol–water partition coefficient (Wildman–Crippen LogP) is 8.40. The maximum absolute atomic E-state index is 12.0. The molecule has 0 aliphatic carbocycles. The van der Waals surface area contributed by atoms with Crippen LogP contribution in [0.15, 0.2) is 12.2 Å². The molecule has 3 unspecified atom stereocenters. The average molecular weight is 624 g/mol. The second kappa shape index (κ2) is 27.4. The highest BCUT2D eigenvalue weighted by atomic mass is 16.4. The Kier molecular flexibility index (Phi) is 26.2. The number of rotatable bonds is 32. The molecule has 0 aromatic heterocycles. The number of unbranched alkanes of at least 4 members (excludes halogenated alkanes) is 17. The van der Waals surface area contributed by atoms with Crippen molar-refractivity contribution >= 4 is 17.9 Å². The summed E-state index contributed by atoms with van der Waals surface area (Å²) < 4.78 is 0.137. The monoisotopic (exact) mass is 624 g/mol. The van der Waals surface area contributed by atoms with E-state index in [1.807, 2.05) is 19.9 Å². The minimum atomic E-state index is -1.16. The van der Waals surface area contributed by atoms with Crippen molar-refractivity contribution in [3.05, 3.63) is 12.2 Å². The van der Waals surface area contributed by atoms with Gasteiger partial charge in [-0.2, -0.15) is 0 Å². The Balaban J connectivity index is 4.63. The topological polar surface area (TPSA) is 115 Å². The minimum Gasteiger partial charge on any atom is -0.550 e. The maximum atomic E-state index is 12.0. The fourth-order valence-corrected chi connectivity index (χ4v) is 6.39. The van der Waals surface area contributed by atoms with Gasteiger partial charge >= 0.3 is 11.9 Å². The van der Waals surface area contributed by atoms with Crippen LogP contribution in [0.25, 0.3) is 0 Å². The highest BCUT2D eigenvalue weighted by Crippen LogP contribution is 2.24. The lowest BCUT2D eigenvalue weighted by molar-refractivity contribution is -0.929.